The van der Waals surface area contributed by atoms with Crippen LogP contribution in [0.4, 0.5) is 0 Å². The van der Waals surface area contributed by atoms with E-state index in [2.05, 4.69) is 0 Å². The number of benzene rings is 3. The topological polar surface area (TPSA) is 139 Å². The summed E-state index contributed by atoms with van der Waals surface area (Å²) in [5.41, 5.74) is 2.34. The molecule has 2 aliphatic rings. The summed E-state index contributed by atoms with van der Waals surface area (Å²) >= 11 is 0. The minimum absolute atomic E-state index is 0.131. The molecule has 1 amide bonds. The minimum atomic E-state index is -1.10. The Morgan fingerprint density at radius 3 is 2.13 bits per heavy atom. The summed E-state index contributed by atoms with van der Waals surface area (Å²) in [7, 11) is 7.78. The molecule has 3 aromatic rings. The number of rotatable bonds is 18. The molecule has 1 N–H and O–H groups in total. The molecule has 5 rings (SSSR count). The number of carbonyl (C=O) groups excluding carboxylic acids is 2. The fraction of sp³-hybridized carbons (Fsp3) is 0.475. The van der Waals surface area contributed by atoms with Crippen LogP contribution in [-0.2, 0) is 25.5 Å². The molecule has 1 unspecified atom stereocenters. The van der Waals surface area contributed by atoms with E-state index in [4.69, 9.17) is 38.3 Å². The Balaban J connectivity index is 1.42. The second-order valence-electron chi connectivity index (χ2n) is 13.1. The van der Waals surface area contributed by atoms with Crippen molar-refractivity contribution in [2.45, 2.75) is 69.4 Å². The molecule has 280 valence electrons. The van der Waals surface area contributed by atoms with Crippen LogP contribution in [0.3, 0.4) is 0 Å². The molecule has 3 atom stereocenters. The Bertz CT molecular complexity index is 1680. The van der Waals surface area contributed by atoms with E-state index in [0.29, 0.717) is 78.2 Å². The first-order chi connectivity index (χ1) is 25.2. The molecular weight excluding hydrogens is 670 g/mol. The smallest absolute Gasteiger partial charge is 0.341 e. The zero-order valence-corrected chi connectivity index (χ0v) is 30.6. The molecule has 3 aromatic carbocycles. The van der Waals surface area contributed by atoms with Gasteiger partial charge in [-0.25, -0.2) is 9.59 Å². The predicted molar refractivity (Wildman–Crippen MR) is 192 cm³/mol. The van der Waals surface area contributed by atoms with Crippen LogP contribution in [-0.4, -0.2) is 82.6 Å². The van der Waals surface area contributed by atoms with Crippen molar-refractivity contribution in [1.29, 1.82) is 0 Å². The van der Waals surface area contributed by atoms with Gasteiger partial charge in [0.05, 0.1) is 41.5 Å². The number of carbonyl (C=O) groups is 3. The Hall–Kier alpha value is -5.13. The summed E-state index contributed by atoms with van der Waals surface area (Å²) in [6.45, 7) is -0.0777. The molecule has 0 bridgehead atoms. The molecule has 1 heterocycles. The first-order valence-electron chi connectivity index (χ1n) is 17.7. The third kappa shape index (κ3) is 9.40. The first kappa shape index (κ1) is 38.1. The average molecular weight is 720 g/mol. The van der Waals surface area contributed by atoms with Crippen molar-refractivity contribution in [1.82, 2.24) is 4.90 Å². The fourth-order valence-electron chi connectivity index (χ4n) is 6.81. The van der Waals surface area contributed by atoms with Crippen LogP contribution in [0.2, 0.25) is 0 Å². The molecule has 0 spiro atoms. The van der Waals surface area contributed by atoms with E-state index in [0.717, 1.165) is 36.8 Å². The number of aryl methyl sites for hydroxylation is 1. The predicted octanol–water partition coefficient (Wildman–Crippen LogP) is 6.38. The summed E-state index contributed by atoms with van der Waals surface area (Å²) < 4.78 is 39.4. The Kier molecular flexibility index (Phi) is 13.1. The van der Waals surface area contributed by atoms with E-state index in [1.54, 1.807) is 51.5 Å². The molecule has 0 radical (unpaired) electrons. The lowest BCUT2D eigenvalue weighted by Crippen LogP contribution is -2.50. The van der Waals surface area contributed by atoms with Crippen LogP contribution in [0, 0.1) is 5.92 Å². The van der Waals surface area contributed by atoms with Gasteiger partial charge in [0.25, 0.3) is 0 Å². The number of methoxy groups -OCH3 is 5. The summed E-state index contributed by atoms with van der Waals surface area (Å²) in [6.07, 6.45) is 4.98. The number of aliphatic carboxylic acids is 1. The van der Waals surface area contributed by atoms with E-state index < -0.39 is 36.6 Å². The Morgan fingerprint density at radius 1 is 0.788 bits per heavy atom. The van der Waals surface area contributed by atoms with Gasteiger partial charge in [-0.05, 0) is 97.5 Å². The number of esters is 1. The zero-order chi connectivity index (χ0) is 37.2. The third-order valence-electron chi connectivity index (χ3n) is 9.71. The van der Waals surface area contributed by atoms with Gasteiger partial charge in [-0.1, -0.05) is 31.0 Å². The van der Waals surface area contributed by atoms with E-state index >= 15 is 0 Å². The second kappa shape index (κ2) is 17.9. The summed E-state index contributed by atoms with van der Waals surface area (Å²) in [5, 5.41) is 9.15. The average Bonchev–Trinajstić information content (AvgIpc) is 4.01. The molecular formula is C40H49NO11. The zero-order valence-electron chi connectivity index (χ0n) is 30.6. The fourth-order valence-corrected chi connectivity index (χ4v) is 6.81. The number of nitrogens with zero attached hydrogens (tertiary/aromatic N) is 1. The molecule has 12 heteroatoms. The number of hydrogen-bond donors (Lipinski definition) is 1. The quantitative estimate of drug-likeness (QED) is 0.147. The van der Waals surface area contributed by atoms with E-state index in [9.17, 15) is 14.4 Å². The maximum atomic E-state index is 14.6. The van der Waals surface area contributed by atoms with Gasteiger partial charge in [0.15, 0.2) is 29.6 Å². The SMILES string of the molecule is COc1ccc(CCC(OC(=O)[C@@H]2CCCCN2C(=O)[C@H](CC2CC2)c2cc(OC)c(OC)c(OC)c2)c2cccc(OCC(=O)O)c2)cc1OC. The van der Waals surface area contributed by atoms with Crippen molar-refractivity contribution < 1.29 is 52.6 Å². The van der Waals surface area contributed by atoms with Crippen LogP contribution < -0.4 is 28.4 Å². The number of carboxylic acid groups (broad SMARTS) is 1. The number of amides is 1. The molecule has 0 aromatic heterocycles. The summed E-state index contributed by atoms with van der Waals surface area (Å²) in [4.78, 5) is 41.7. The highest BCUT2D eigenvalue weighted by Gasteiger charge is 2.40. The van der Waals surface area contributed by atoms with E-state index in [-0.39, 0.29) is 5.91 Å². The van der Waals surface area contributed by atoms with Crippen LogP contribution in [0.15, 0.2) is 54.6 Å². The lowest BCUT2D eigenvalue weighted by molar-refractivity contribution is -0.162. The number of likely N-dealkylation sites (tertiary alicyclic amines) is 1. The Morgan fingerprint density at radius 2 is 1.50 bits per heavy atom. The summed E-state index contributed by atoms with van der Waals surface area (Å²) in [5.74, 6) is 1.09. The van der Waals surface area contributed by atoms with Crippen LogP contribution >= 0.6 is 0 Å². The molecule has 1 aliphatic carbocycles. The van der Waals surface area contributed by atoms with Gasteiger partial charge >= 0.3 is 11.9 Å². The van der Waals surface area contributed by atoms with Gasteiger partial charge in [0.2, 0.25) is 11.7 Å². The monoisotopic (exact) mass is 719 g/mol. The highest BCUT2D eigenvalue weighted by Crippen LogP contribution is 2.45. The van der Waals surface area contributed by atoms with Crippen LogP contribution in [0.1, 0.15) is 73.7 Å². The maximum Gasteiger partial charge on any atom is 0.341 e. The van der Waals surface area contributed by atoms with Crippen LogP contribution in [0.25, 0.3) is 0 Å². The van der Waals surface area contributed by atoms with Crippen molar-refractivity contribution in [3.63, 3.8) is 0 Å². The van der Waals surface area contributed by atoms with Gasteiger partial charge in [-0.3, -0.25) is 4.79 Å². The van der Waals surface area contributed by atoms with E-state index in [1.165, 1.54) is 7.11 Å². The number of ether oxygens (including phenoxy) is 7. The van der Waals surface area contributed by atoms with Crippen molar-refractivity contribution >= 4 is 17.8 Å². The van der Waals surface area contributed by atoms with Gasteiger partial charge in [0, 0.05) is 6.54 Å². The lowest BCUT2D eigenvalue weighted by atomic mass is 9.89. The number of piperidine rings is 1. The summed E-state index contributed by atoms with van der Waals surface area (Å²) in [6, 6.07) is 15.4. The number of carboxylic acids is 1. The van der Waals surface area contributed by atoms with Crippen molar-refractivity contribution in [2.75, 3.05) is 48.7 Å². The van der Waals surface area contributed by atoms with Gasteiger partial charge in [-0.2, -0.15) is 0 Å². The molecule has 1 aliphatic heterocycles. The van der Waals surface area contributed by atoms with Crippen molar-refractivity contribution in [3.8, 4) is 34.5 Å². The largest absolute Gasteiger partial charge is 0.493 e. The minimum Gasteiger partial charge on any atom is -0.493 e. The first-order valence-corrected chi connectivity index (χ1v) is 17.7. The molecule has 1 saturated carbocycles. The van der Waals surface area contributed by atoms with Gasteiger partial charge < -0.3 is 43.2 Å². The maximum absolute atomic E-state index is 14.6. The van der Waals surface area contributed by atoms with Gasteiger partial charge in [-0.15, -0.1) is 0 Å². The normalized spacial score (nSPS) is 16.6. The number of hydrogen-bond acceptors (Lipinski definition) is 10. The second-order valence-corrected chi connectivity index (χ2v) is 13.1. The Labute approximate surface area is 304 Å². The highest BCUT2D eigenvalue weighted by atomic mass is 16.5. The van der Waals surface area contributed by atoms with Crippen molar-refractivity contribution in [3.05, 3.63) is 71.3 Å². The standard InChI is InChI=1S/C40H49NO11/c1-46-33-17-15-26(20-34(33)47-2)14-16-32(27-9-8-10-29(21-27)51-24-37(42)43)52-40(45)31-11-6-7-18-41(31)39(44)30(19-25-12-13-25)28-22-35(48-3)38(50-5)36(23-28)49-4/h8-10,15,17,20-23,25,30-32H,6-7,11-14,16,18-19,24H2,1-5H3,(H,42,43)/t30-,31+,32?/m1/s1. The molecule has 1 saturated heterocycles. The third-order valence-corrected chi connectivity index (χ3v) is 9.71. The van der Waals surface area contributed by atoms with Gasteiger partial charge in [0.1, 0.15) is 17.9 Å². The molecule has 52 heavy (non-hydrogen) atoms. The van der Waals surface area contributed by atoms with E-state index in [1.807, 2.05) is 36.4 Å². The van der Waals surface area contributed by atoms with Crippen LogP contribution in [0.5, 0.6) is 34.5 Å². The molecule has 2 fully saturated rings. The lowest BCUT2D eigenvalue weighted by Gasteiger charge is -2.37. The van der Waals surface area contributed by atoms with Crippen molar-refractivity contribution in [2.24, 2.45) is 5.92 Å². The molecule has 12 nitrogen and oxygen atoms in total. The highest BCUT2D eigenvalue weighted by molar-refractivity contribution is 5.89.